The van der Waals surface area contributed by atoms with E-state index in [1.54, 1.807) is 19.2 Å². The Morgan fingerprint density at radius 3 is 2.62 bits per heavy atom. The first-order valence-electron chi connectivity index (χ1n) is 6.65. The summed E-state index contributed by atoms with van der Waals surface area (Å²) in [5, 5.41) is 0. The van der Waals surface area contributed by atoms with Gasteiger partial charge in [-0.2, -0.15) is 0 Å². The molecule has 0 unspecified atom stereocenters. The van der Waals surface area contributed by atoms with E-state index in [0.717, 1.165) is 11.1 Å². The van der Waals surface area contributed by atoms with Crippen molar-refractivity contribution in [3.63, 3.8) is 0 Å². The fourth-order valence-electron chi connectivity index (χ4n) is 2.23. The van der Waals surface area contributed by atoms with Crippen LogP contribution in [0.1, 0.15) is 27.0 Å². The summed E-state index contributed by atoms with van der Waals surface area (Å²) in [5.41, 5.74) is 3.45. The highest BCUT2D eigenvalue weighted by Crippen LogP contribution is 2.20. The van der Waals surface area contributed by atoms with Gasteiger partial charge in [0, 0.05) is 13.6 Å². The maximum absolute atomic E-state index is 14.0. The third kappa shape index (κ3) is 3.50. The van der Waals surface area contributed by atoms with E-state index in [1.165, 1.54) is 16.5 Å². The largest absolute Gasteiger partial charge is 0.337 e. The molecule has 0 spiro atoms. The molecule has 0 fully saturated rings. The number of aryl methyl sites for hydroxylation is 2. The standard InChI is InChI=1S/C17H17BrFNO/c1-11-7-8-13(12(2)9-11)10-20(3)17(21)14-5-4-6-15(18)16(14)19/h4-9H,10H2,1-3H3. The molecule has 0 aliphatic carbocycles. The number of amides is 1. The van der Waals surface area contributed by atoms with Gasteiger partial charge in [0.2, 0.25) is 0 Å². The van der Waals surface area contributed by atoms with Gasteiger partial charge in [0.15, 0.2) is 0 Å². The molecule has 21 heavy (non-hydrogen) atoms. The molecule has 0 aliphatic rings. The first kappa shape index (κ1) is 15.7. The van der Waals surface area contributed by atoms with E-state index in [-0.39, 0.29) is 11.5 Å². The second kappa shape index (κ2) is 6.39. The number of carbonyl (C=O) groups excluding carboxylic acids is 1. The first-order valence-corrected chi connectivity index (χ1v) is 7.45. The van der Waals surface area contributed by atoms with Gasteiger partial charge in [-0.25, -0.2) is 4.39 Å². The zero-order chi connectivity index (χ0) is 15.6. The molecule has 4 heteroatoms. The Morgan fingerprint density at radius 2 is 1.95 bits per heavy atom. The summed E-state index contributed by atoms with van der Waals surface area (Å²) in [6.07, 6.45) is 0. The Hall–Kier alpha value is -1.68. The number of nitrogens with zero attached hydrogens (tertiary/aromatic N) is 1. The lowest BCUT2D eigenvalue weighted by atomic mass is 10.1. The smallest absolute Gasteiger partial charge is 0.256 e. The summed E-state index contributed by atoms with van der Waals surface area (Å²) < 4.78 is 14.3. The van der Waals surface area contributed by atoms with Crippen LogP contribution < -0.4 is 0 Å². The van der Waals surface area contributed by atoms with Gasteiger partial charge in [-0.1, -0.05) is 29.8 Å². The number of benzene rings is 2. The lowest BCUT2D eigenvalue weighted by Crippen LogP contribution is -2.27. The van der Waals surface area contributed by atoms with Crippen molar-refractivity contribution in [3.05, 3.63) is 68.9 Å². The van der Waals surface area contributed by atoms with Crippen molar-refractivity contribution in [1.29, 1.82) is 0 Å². The minimum atomic E-state index is -0.519. The average molecular weight is 350 g/mol. The Labute approximate surface area is 132 Å². The van der Waals surface area contributed by atoms with Crippen LogP contribution in [0.15, 0.2) is 40.9 Å². The van der Waals surface area contributed by atoms with E-state index in [1.807, 2.05) is 26.0 Å². The van der Waals surface area contributed by atoms with Crippen LogP contribution in [0.4, 0.5) is 4.39 Å². The third-order valence-corrected chi connectivity index (χ3v) is 4.05. The van der Waals surface area contributed by atoms with Gasteiger partial charge in [-0.15, -0.1) is 0 Å². The van der Waals surface area contributed by atoms with Crippen LogP contribution in [0.3, 0.4) is 0 Å². The molecule has 1 amide bonds. The van der Waals surface area contributed by atoms with Gasteiger partial charge >= 0.3 is 0 Å². The molecule has 2 aromatic carbocycles. The number of hydrogen-bond donors (Lipinski definition) is 0. The maximum atomic E-state index is 14.0. The lowest BCUT2D eigenvalue weighted by molar-refractivity contribution is 0.0780. The molecular weight excluding hydrogens is 333 g/mol. The minimum absolute atomic E-state index is 0.0802. The van der Waals surface area contributed by atoms with Gasteiger partial charge in [0.25, 0.3) is 5.91 Å². The Morgan fingerprint density at radius 1 is 1.24 bits per heavy atom. The van der Waals surface area contributed by atoms with Gasteiger partial charge in [0.05, 0.1) is 10.0 Å². The van der Waals surface area contributed by atoms with E-state index in [2.05, 4.69) is 22.0 Å². The highest BCUT2D eigenvalue weighted by atomic mass is 79.9. The molecule has 2 aromatic rings. The van der Waals surface area contributed by atoms with E-state index in [9.17, 15) is 9.18 Å². The van der Waals surface area contributed by atoms with E-state index >= 15 is 0 Å². The van der Waals surface area contributed by atoms with Crippen LogP contribution in [0.5, 0.6) is 0 Å². The van der Waals surface area contributed by atoms with Crippen LogP contribution in [0.2, 0.25) is 0 Å². The van der Waals surface area contributed by atoms with E-state index in [4.69, 9.17) is 0 Å². The van der Waals surface area contributed by atoms with Gasteiger partial charge in [-0.3, -0.25) is 4.79 Å². The molecule has 0 aliphatic heterocycles. The number of carbonyl (C=O) groups is 1. The van der Waals surface area contributed by atoms with Crippen LogP contribution in [-0.4, -0.2) is 17.9 Å². The second-order valence-corrected chi connectivity index (χ2v) is 6.05. The van der Waals surface area contributed by atoms with Crippen molar-refractivity contribution in [3.8, 4) is 0 Å². The summed E-state index contributed by atoms with van der Waals surface area (Å²) in [6.45, 7) is 4.50. The van der Waals surface area contributed by atoms with Crippen molar-refractivity contribution < 1.29 is 9.18 Å². The quantitative estimate of drug-likeness (QED) is 0.799. The average Bonchev–Trinajstić information content (AvgIpc) is 2.44. The predicted molar refractivity (Wildman–Crippen MR) is 85.8 cm³/mol. The highest BCUT2D eigenvalue weighted by molar-refractivity contribution is 9.10. The molecule has 0 atom stereocenters. The fraction of sp³-hybridized carbons (Fsp3) is 0.235. The minimum Gasteiger partial charge on any atom is -0.337 e. The first-order chi connectivity index (χ1) is 9.90. The Bertz CT molecular complexity index is 684. The molecule has 0 radical (unpaired) electrons. The van der Waals surface area contributed by atoms with Gasteiger partial charge in [0.1, 0.15) is 5.82 Å². The van der Waals surface area contributed by atoms with E-state index < -0.39 is 5.82 Å². The molecule has 0 N–H and O–H groups in total. The van der Waals surface area contributed by atoms with Crippen LogP contribution in [0, 0.1) is 19.7 Å². The lowest BCUT2D eigenvalue weighted by Gasteiger charge is -2.19. The molecule has 0 saturated heterocycles. The van der Waals surface area contributed by atoms with Crippen LogP contribution in [0.25, 0.3) is 0 Å². The van der Waals surface area contributed by atoms with Crippen molar-refractivity contribution in [2.45, 2.75) is 20.4 Å². The Balaban J connectivity index is 2.21. The van der Waals surface area contributed by atoms with Gasteiger partial charge < -0.3 is 4.90 Å². The topological polar surface area (TPSA) is 20.3 Å². The van der Waals surface area contributed by atoms with Crippen molar-refractivity contribution in [2.24, 2.45) is 0 Å². The highest BCUT2D eigenvalue weighted by Gasteiger charge is 2.18. The number of hydrogen-bond acceptors (Lipinski definition) is 1. The van der Waals surface area contributed by atoms with Crippen molar-refractivity contribution in [1.82, 2.24) is 4.90 Å². The SMILES string of the molecule is Cc1ccc(CN(C)C(=O)c2cccc(Br)c2F)c(C)c1. The summed E-state index contributed by atoms with van der Waals surface area (Å²) in [5.74, 6) is -0.844. The van der Waals surface area contributed by atoms with Gasteiger partial charge in [-0.05, 0) is 53.0 Å². The second-order valence-electron chi connectivity index (χ2n) is 5.19. The molecule has 2 rings (SSSR count). The third-order valence-electron chi connectivity index (χ3n) is 3.43. The molecular formula is C17H17BrFNO. The number of rotatable bonds is 3. The summed E-state index contributed by atoms with van der Waals surface area (Å²) >= 11 is 3.10. The normalized spacial score (nSPS) is 10.5. The molecule has 0 bridgehead atoms. The van der Waals surface area contributed by atoms with Crippen molar-refractivity contribution >= 4 is 21.8 Å². The van der Waals surface area contributed by atoms with Crippen molar-refractivity contribution in [2.75, 3.05) is 7.05 Å². The Kier molecular flexibility index (Phi) is 4.78. The van der Waals surface area contributed by atoms with E-state index in [0.29, 0.717) is 11.0 Å². The molecule has 110 valence electrons. The summed E-state index contributed by atoms with van der Waals surface area (Å²) in [7, 11) is 1.68. The summed E-state index contributed by atoms with van der Waals surface area (Å²) in [4.78, 5) is 13.9. The predicted octanol–water partition coefficient (Wildman–Crippen LogP) is 4.48. The zero-order valence-corrected chi connectivity index (χ0v) is 13.9. The molecule has 2 nitrogen and oxygen atoms in total. The molecule has 0 heterocycles. The fourth-order valence-corrected chi connectivity index (χ4v) is 2.59. The molecule has 0 saturated carbocycles. The maximum Gasteiger partial charge on any atom is 0.256 e. The monoisotopic (exact) mass is 349 g/mol. The number of halogens is 2. The van der Waals surface area contributed by atoms with Crippen LogP contribution >= 0.6 is 15.9 Å². The molecule has 0 aromatic heterocycles. The summed E-state index contributed by atoms with van der Waals surface area (Å²) in [6, 6.07) is 10.8. The van der Waals surface area contributed by atoms with Crippen LogP contribution in [-0.2, 0) is 6.54 Å². The zero-order valence-electron chi connectivity index (χ0n) is 12.3.